The van der Waals surface area contributed by atoms with E-state index in [0.29, 0.717) is 31.7 Å². The van der Waals surface area contributed by atoms with Crippen LogP contribution in [0.15, 0.2) is 78.9 Å². The van der Waals surface area contributed by atoms with Crippen LogP contribution < -0.4 is 9.64 Å². The number of methoxy groups -OCH3 is 1. The molecule has 1 atom stereocenters. The standard InChI is InChI=1S/C27H28N2O4/c1-20(18-23-10-6-7-11-25(23)32-2)29(19-21-8-4-3-5-9-21)26(30)22-12-14-24(15-13-22)28-16-17-33-27(28)31/h3-15,20H,16-19H2,1-2H3. The van der Waals surface area contributed by atoms with Crippen molar-refractivity contribution in [2.45, 2.75) is 25.9 Å². The average Bonchev–Trinajstić information content (AvgIpc) is 3.29. The number of para-hydroxylation sites is 1. The van der Waals surface area contributed by atoms with Gasteiger partial charge in [0.1, 0.15) is 12.4 Å². The van der Waals surface area contributed by atoms with Gasteiger partial charge in [-0.25, -0.2) is 4.79 Å². The second-order valence-electron chi connectivity index (χ2n) is 8.10. The molecule has 1 heterocycles. The molecule has 2 amide bonds. The largest absolute Gasteiger partial charge is 0.496 e. The van der Waals surface area contributed by atoms with E-state index in [4.69, 9.17) is 9.47 Å². The van der Waals surface area contributed by atoms with Crippen LogP contribution in [-0.4, -0.2) is 43.2 Å². The van der Waals surface area contributed by atoms with Crippen molar-refractivity contribution in [1.29, 1.82) is 0 Å². The highest BCUT2D eigenvalue weighted by Crippen LogP contribution is 2.24. The van der Waals surface area contributed by atoms with Crippen LogP contribution in [0.1, 0.15) is 28.4 Å². The van der Waals surface area contributed by atoms with E-state index in [0.717, 1.165) is 22.6 Å². The van der Waals surface area contributed by atoms with Gasteiger partial charge in [0.25, 0.3) is 5.91 Å². The van der Waals surface area contributed by atoms with Crippen molar-refractivity contribution in [2.24, 2.45) is 0 Å². The summed E-state index contributed by atoms with van der Waals surface area (Å²) in [5, 5.41) is 0. The van der Waals surface area contributed by atoms with E-state index in [1.54, 1.807) is 36.3 Å². The number of ether oxygens (including phenoxy) is 2. The van der Waals surface area contributed by atoms with Crippen LogP contribution in [-0.2, 0) is 17.7 Å². The molecule has 0 aromatic heterocycles. The summed E-state index contributed by atoms with van der Waals surface area (Å²) in [5.41, 5.74) is 3.43. The van der Waals surface area contributed by atoms with Crippen molar-refractivity contribution in [3.63, 3.8) is 0 Å². The third-order valence-corrected chi connectivity index (χ3v) is 5.88. The minimum Gasteiger partial charge on any atom is -0.496 e. The SMILES string of the molecule is COc1ccccc1CC(C)N(Cc1ccccc1)C(=O)c1ccc(N2CCOC2=O)cc1. The lowest BCUT2D eigenvalue weighted by Gasteiger charge is -2.30. The number of cyclic esters (lactones) is 1. The van der Waals surface area contributed by atoms with Crippen molar-refractivity contribution in [1.82, 2.24) is 4.90 Å². The summed E-state index contributed by atoms with van der Waals surface area (Å²) >= 11 is 0. The molecule has 33 heavy (non-hydrogen) atoms. The smallest absolute Gasteiger partial charge is 0.414 e. The fraction of sp³-hybridized carbons (Fsp3) is 0.259. The Kier molecular flexibility index (Phi) is 6.93. The molecule has 1 unspecified atom stereocenters. The van der Waals surface area contributed by atoms with Gasteiger partial charge in [0, 0.05) is 23.8 Å². The average molecular weight is 445 g/mol. The lowest BCUT2D eigenvalue weighted by atomic mass is 10.0. The van der Waals surface area contributed by atoms with E-state index in [1.807, 2.05) is 59.5 Å². The van der Waals surface area contributed by atoms with Gasteiger partial charge in [-0.3, -0.25) is 9.69 Å². The Balaban J connectivity index is 1.58. The number of carbonyl (C=O) groups is 2. The van der Waals surface area contributed by atoms with Gasteiger partial charge in [-0.15, -0.1) is 0 Å². The first-order valence-corrected chi connectivity index (χ1v) is 11.1. The van der Waals surface area contributed by atoms with E-state index in [-0.39, 0.29) is 18.0 Å². The van der Waals surface area contributed by atoms with Crippen LogP contribution in [0.5, 0.6) is 5.75 Å². The van der Waals surface area contributed by atoms with Crippen molar-refractivity contribution in [3.8, 4) is 5.75 Å². The number of benzene rings is 3. The highest BCUT2D eigenvalue weighted by Gasteiger charge is 2.26. The Morgan fingerprint density at radius 1 is 1.03 bits per heavy atom. The number of amides is 2. The van der Waals surface area contributed by atoms with E-state index in [1.165, 1.54) is 0 Å². The van der Waals surface area contributed by atoms with Crippen molar-refractivity contribution < 1.29 is 19.1 Å². The number of nitrogens with zero attached hydrogens (tertiary/aromatic N) is 2. The summed E-state index contributed by atoms with van der Waals surface area (Å²) in [4.78, 5) is 28.9. The minimum absolute atomic E-state index is 0.0585. The van der Waals surface area contributed by atoms with E-state index >= 15 is 0 Å². The number of hydrogen-bond donors (Lipinski definition) is 0. The Morgan fingerprint density at radius 3 is 2.39 bits per heavy atom. The molecule has 1 fully saturated rings. The van der Waals surface area contributed by atoms with E-state index < -0.39 is 0 Å². The maximum absolute atomic E-state index is 13.6. The van der Waals surface area contributed by atoms with E-state index in [2.05, 4.69) is 6.92 Å². The first-order chi connectivity index (χ1) is 16.1. The Hall–Kier alpha value is -3.80. The zero-order chi connectivity index (χ0) is 23.2. The zero-order valence-electron chi connectivity index (χ0n) is 18.9. The van der Waals surface area contributed by atoms with Crippen LogP contribution in [0.3, 0.4) is 0 Å². The second kappa shape index (κ2) is 10.2. The van der Waals surface area contributed by atoms with Gasteiger partial charge in [0.15, 0.2) is 0 Å². The Bertz CT molecular complexity index is 1100. The molecule has 0 saturated carbocycles. The van der Waals surface area contributed by atoms with E-state index in [9.17, 15) is 9.59 Å². The highest BCUT2D eigenvalue weighted by molar-refractivity contribution is 5.96. The molecule has 0 N–H and O–H groups in total. The molecule has 170 valence electrons. The molecular weight excluding hydrogens is 416 g/mol. The predicted octanol–water partition coefficient (Wildman–Crippen LogP) is 4.93. The first-order valence-electron chi connectivity index (χ1n) is 11.1. The molecule has 4 rings (SSSR count). The summed E-state index contributed by atoms with van der Waals surface area (Å²) in [6, 6.07) is 24.9. The highest BCUT2D eigenvalue weighted by atomic mass is 16.6. The molecule has 0 radical (unpaired) electrons. The first kappa shape index (κ1) is 22.4. The van der Waals surface area contributed by atoms with Gasteiger partial charge in [0.2, 0.25) is 0 Å². The summed E-state index contributed by atoms with van der Waals surface area (Å²) in [6.07, 6.45) is 0.311. The van der Waals surface area contributed by atoms with Gasteiger partial charge in [0.05, 0.1) is 13.7 Å². The van der Waals surface area contributed by atoms with Crippen molar-refractivity contribution in [3.05, 3.63) is 95.6 Å². The monoisotopic (exact) mass is 444 g/mol. The molecule has 0 spiro atoms. The molecular formula is C27H28N2O4. The number of carbonyl (C=O) groups excluding carboxylic acids is 2. The van der Waals surface area contributed by atoms with Gasteiger partial charge < -0.3 is 14.4 Å². The number of hydrogen-bond acceptors (Lipinski definition) is 4. The summed E-state index contributed by atoms with van der Waals surface area (Å²) in [5.74, 6) is 0.759. The van der Waals surface area contributed by atoms with Gasteiger partial charge >= 0.3 is 6.09 Å². The van der Waals surface area contributed by atoms with Gasteiger partial charge in [-0.1, -0.05) is 48.5 Å². The predicted molar refractivity (Wildman–Crippen MR) is 128 cm³/mol. The Labute approximate surface area is 194 Å². The summed E-state index contributed by atoms with van der Waals surface area (Å²) in [7, 11) is 1.66. The minimum atomic E-state index is -0.356. The summed E-state index contributed by atoms with van der Waals surface area (Å²) < 4.78 is 10.5. The molecule has 1 saturated heterocycles. The molecule has 3 aromatic rings. The van der Waals surface area contributed by atoms with Crippen LogP contribution in [0, 0.1) is 0 Å². The fourth-order valence-electron chi connectivity index (χ4n) is 4.09. The third kappa shape index (κ3) is 5.17. The van der Waals surface area contributed by atoms with Crippen molar-refractivity contribution in [2.75, 3.05) is 25.2 Å². The maximum atomic E-state index is 13.6. The maximum Gasteiger partial charge on any atom is 0.414 e. The molecule has 6 heteroatoms. The molecule has 1 aliphatic heterocycles. The fourth-order valence-corrected chi connectivity index (χ4v) is 4.09. The van der Waals surface area contributed by atoms with Gasteiger partial charge in [-0.05, 0) is 54.8 Å². The Morgan fingerprint density at radius 2 is 1.73 bits per heavy atom. The molecule has 0 aliphatic carbocycles. The number of anilines is 1. The van der Waals surface area contributed by atoms with Crippen LogP contribution in [0.4, 0.5) is 10.5 Å². The van der Waals surface area contributed by atoms with Crippen LogP contribution >= 0.6 is 0 Å². The lowest BCUT2D eigenvalue weighted by Crippen LogP contribution is -2.39. The normalized spacial score (nSPS) is 14.0. The lowest BCUT2D eigenvalue weighted by molar-refractivity contribution is 0.0674. The second-order valence-corrected chi connectivity index (χ2v) is 8.10. The topological polar surface area (TPSA) is 59.1 Å². The quantitative estimate of drug-likeness (QED) is 0.495. The molecule has 1 aliphatic rings. The van der Waals surface area contributed by atoms with Crippen LogP contribution in [0.2, 0.25) is 0 Å². The molecule has 6 nitrogen and oxygen atoms in total. The third-order valence-electron chi connectivity index (χ3n) is 5.88. The molecule has 0 bridgehead atoms. The zero-order valence-corrected chi connectivity index (χ0v) is 18.9. The van der Waals surface area contributed by atoms with Crippen molar-refractivity contribution >= 4 is 17.7 Å². The van der Waals surface area contributed by atoms with Gasteiger partial charge in [-0.2, -0.15) is 0 Å². The molecule has 3 aromatic carbocycles. The summed E-state index contributed by atoms with van der Waals surface area (Å²) in [6.45, 7) is 3.45. The number of rotatable bonds is 8. The van der Waals surface area contributed by atoms with Crippen LogP contribution in [0.25, 0.3) is 0 Å².